The van der Waals surface area contributed by atoms with Crippen LogP contribution in [0.4, 0.5) is 0 Å². The summed E-state index contributed by atoms with van der Waals surface area (Å²) in [5, 5.41) is 12.0. The number of hydrogen-bond donors (Lipinski definition) is 2. The van der Waals surface area contributed by atoms with Gasteiger partial charge in [0.2, 0.25) is 0 Å². The van der Waals surface area contributed by atoms with E-state index in [1.165, 1.54) is 5.56 Å². The molecule has 4 heteroatoms. The minimum Gasteiger partial charge on any atom is -0.480 e. The number of likely N-dealkylation sites (N-methyl/N-ethyl adjacent to an activating group) is 2. The molecule has 2 N–H and O–H groups in total. The Hall–Kier alpha value is -1.39. The van der Waals surface area contributed by atoms with Crippen LogP contribution >= 0.6 is 0 Å². The molecule has 0 aromatic heterocycles. The second kappa shape index (κ2) is 7.04. The van der Waals surface area contributed by atoms with Crippen molar-refractivity contribution in [1.82, 2.24) is 10.2 Å². The topological polar surface area (TPSA) is 52.6 Å². The smallest absolute Gasteiger partial charge is 0.322 e. The van der Waals surface area contributed by atoms with Crippen molar-refractivity contribution in [3.63, 3.8) is 0 Å². The van der Waals surface area contributed by atoms with Gasteiger partial charge in [-0.1, -0.05) is 37.3 Å². The third-order valence-corrected chi connectivity index (χ3v) is 2.54. The molecule has 0 spiro atoms. The zero-order chi connectivity index (χ0) is 12.7. The second-order valence-electron chi connectivity index (χ2n) is 4.13. The molecule has 0 bridgehead atoms. The molecule has 0 fully saturated rings. The average Bonchev–Trinajstić information content (AvgIpc) is 2.29. The zero-order valence-electron chi connectivity index (χ0n) is 10.4. The fraction of sp³-hybridized carbons (Fsp3) is 0.462. The number of nitrogens with one attached hydrogen (secondary N) is 1. The lowest BCUT2D eigenvalue weighted by Gasteiger charge is -2.21. The van der Waals surface area contributed by atoms with Crippen molar-refractivity contribution in [3.8, 4) is 0 Å². The third-order valence-electron chi connectivity index (χ3n) is 2.54. The largest absolute Gasteiger partial charge is 0.480 e. The lowest BCUT2D eigenvalue weighted by Crippen LogP contribution is -2.44. The molecule has 0 amide bonds. The molecule has 1 aromatic carbocycles. The molecule has 0 heterocycles. The Bertz CT molecular complexity index is 341. The molecule has 17 heavy (non-hydrogen) atoms. The van der Waals surface area contributed by atoms with E-state index >= 15 is 0 Å². The van der Waals surface area contributed by atoms with Gasteiger partial charge in [-0.3, -0.25) is 9.69 Å². The molecule has 1 rings (SSSR count). The van der Waals surface area contributed by atoms with Gasteiger partial charge in [0.1, 0.15) is 6.04 Å². The van der Waals surface area contributed by atoms with Crippen LogP contribution in [0.25, 0.3) is 0 Å². The predicted octanol–water partition coefficient (Wildman–Crippen LogP) is 1.18. The third kappa shape index (κ3) is 4.97. The van der Waals surface area contributed by atoms with Crippen molar-refractivity contribution in [2.75, 3.05) is 20.1 Å². The Morgan fingerprint density at radius 1 is 1.41 bits per heavy atom. The van der Waals surface area contributed by atoms with Crippen LogP contribution in [0.5, 0.6) is 0 Å². The quantitative estimate of drug-likeness (QED) is 0.746. The Balaban J connectivity index is 2.47. The summed E-state index contributed by atoms with van der Waals surface area (Å²) in [4.78, 5) is 13.0. The molecule has 0 saturated carbocycles. The number of carboxylic acids is 1. The molecule has 1 atom stereocenters. The van der Waals surface area contributed by atoms with Gasteiger partial charge in [-0.25, -0.2) is 0 Å². The molecule has 4 nitrogen and oxygen atoms in total. The lowest BCUT2D eigenvalue weighted by molar-refractivity contribution is -0.139. The first-order valence-corrected chi connectivity index (χ1v) is 5.82. The summed E-state index contributed by atoms with van der Waals surface area (Å²) in [5.74, 6) is -0.799. The van der Waals surface area contributed by atoms with Gasteiger partial charge < -0.3 is 10.4 Å². The minimum absolute atomic E-state index is 0.498. The van der Waals surface area contributed by atoms with Gasteiger partial charge in [-0.05, 0) is 19.2 Å². The number of hydrogen-bond acceptors (Lipinski definition) is 3. The average molecular weight is 236 g/mol. The molecular weight excluding hydrogens is 216 g/mol. The summed E-state index contributed by atoms with van der Waals surface area (Å²) in [6, 6.07) is 9.53. The van der Waals surface area contributed by atoms with Crippen LogP contribution in [0.15, 0.2) is 30.3 Å². The van der Waals surface area contributed by atoms with Crippen LogP contribution in [0.1, 0.15) is 12.5 Å². The van der Waals surface area contributed by atoms with Crippen LogP contribution in [0.2, 0.25) is 0 Å². The van der Waals surface area contributed by atoms with Crippen LogP contribution in [-0.2, 0) is 11.3 Å². The van der Waals surface area contributed by atoms with Crippen molar-refractivity contribution >= 4 is 5.97 Å². The van der Waals surface area contributed by atoms with E-state index in [1.54, 1.807) is 0 Å². The first-order chi connectivity index (χ1) is 8.13. The highest BCUT2D eigenvalue weighted by Gasteiger charge is 2.17. The van der Waals surface area contributed by atoms with E-state index < -0.39 is 12.0 Å². The normalized spacial score (nSPS) is 12.6. The van der Waals surface area contributed by atoms with Crippen molar-refractivity contribution in [1.29, 1.82) is 0 Å². The monoisotopic (exact) mass is 236 g/mol. The molecule has 0 saturated heterocycles. The maximum Gasteiger partial charge on any atom is 0.322 e. The molecule has 94 valence electrons. The SMILES string of the molecule is CCNC(CN(C)Cc1ccccc1)C(=O)O. The Labute approximate surface area is 102 Å². The number of aliphatic carboxylic acids is 1. The highest BCUT2D eigenvalue weighted by Crippen LogP contribution is 2.03. The van der Waals surface area contributed by atoms with E-state index in [0.717, 1.165) is 6.54 Å². The van der Waals surface area contributed by atoms with E-state index in [-0.39, 0.29) is 0 Å². The minimum atomic E-state index is -0.799. The summed E-state index contributed by atoms with van der Waals surface area (Å²) in [6.45, 7) is 3.83. The highest BCUT2D eigenvalue weighted by atomic mass is 16.4. The molecule has 0 aliphatic heterocycles. The molecule has 0 aliphatic rings. The van der Waals surface area contributed by atoms with Crippen molar-refractivity contribution in [2.24, 2.45) is 0 Å². The lowest BCUT2D eigenvalue weighted by atomic mass is 10.2. The standard InChI is InChI=1S/C13H20N2O2/c1-3-14-12(13(16)17)10-15(2)9-11-7-5-4-6-8-11/h4-8,12,14H,3,9-10H2,1-2H3,(H,16,17). The fourth-order valence-corrected chi connectivity index (χ4v) is 1.75. The Morgan fingerprint density at radius 3 is 2.59 bits per heavy atom. The van der Waals surface area contributed by atoms with E-state index in [2.05, 4.69) is 5.32 Å². The maximum atomic E-state index is 11.0. The van der Waals surface area contributed by atoms with Gasteiger partial charge in [-0.2, -0.15) is 0 Å². The van der Waals surface area contributed by atoms with Gasteiger partial charge in [0.25, 0.3) is 0 Å². The van der Waals surface area contributed by atoms with Gasteiger partial charge in [0.05, 0.1) is 0 Å². The Kier molecular flexibility index (Phi) is 5.66. The number of rotatable bonds is 7. The second-order valence-corrected chi connectivity index (χ2v) is 4.13. The van der Waals surface area contributed by atoms with Crippen molar-refractivity contribution < 1.29 is 9.90 Å². The van der Waals surface area contributed by atoms with Crippen molar-refractivity contribution in [3.05, 3.63) is 35.9 Å². The number of benzene rings is 1. The van der Waals surface area contributed by atoms with E-state index in [4.69, 9.17) is 5.11 Å². The predicted molar refractivity (Wildman–Crippen MR) is 67.9 cm³/mol. The fourth-order valence-electron chi connectivity index (χ4n) is 1.75. The van der Waals surface area contributed by atoms with Crippen LogP contribution < -0.4 is 5.32 Å². The summed E-state index contributed by atoms with van der Waals surface area (Å²) in [6.07, 6.45) is 0. The van der Waals surface area contributed by atoms with Gasteiger partial charge in [-0.15, -0.1) is 0 Å². The summed E-state index contributed by atoms with van der Waals surface area (Å²) < 4.78 is 0. The van der Waals surface area contributed by atoms with Crippen LogP contribution in [-0.4, -0.2) is 42.2 Å². The van der Waals surface area contributed by atoms with E-state index in [0.29, 0.717) is 13.1 Å². The van der Waals surface area contributed by atoms with Gasteiger partial charge >= 0.3 is 5.97 Å². The molecule has 0 radical (unpaired) electrons. The summed E-state index contributed by atoms with van der Waals surface area (Å²) in [5.41, 5.74) is 1.19. The van der Waals surface area contributed by atoms with Crippen molar-refractivity contribution in [2.45, 2.75) is 19.5 Å². The molecule has 0 aliphatic carbocycles. The van der Waals surface area contributed by atoms with E-state index in [1.807, 2.05) is 49.2 Å². The van der Waals surface area contributed by atoms with Crippen LogP contribution in [0.3, 0.4) is 0 Å². The zero-order valence-corrected chi connectivity index (χ0v) is 10.4. The number of carbonyl (C=O) groups is 1. The van der Waals surface area contributed by atoms with E-state index in [9.17, 15) is 4.79 Å². The highest BCUT2D eigenvalue weighted by molar-refractivity contribution is 5.73. The first kappa shape index (κ1) is 13.7. The number of nitrogens with zero attached hydrogens (tertiary/aromatic N) is 1. The molecular formula is C13H20N2O2. The Morgan fingerprint density at radius 2 is 2.06 bits per heavy atom. The molecule has 1 aromatic rings. The first-order valence-electron chi connectivity index (χ1n) is 5.82. The van der Waals surface area contributed by atoms with Gasteiger partial charge in [0, 0.05) is 13.1 Å². The maximum absolute atomic E-state index is 11.0. The number of carboxylic acid groups (broad SMARTS) is 1. The summed E-state index contributed by atoms with van der Waals surface area (Å²) in [7, 11) is 1.93. The van der Waals surface area contributed by atoms with Crippen LogP contribution in [0, 0.1) is 0 Å². The summed E-state index contributed by atoms with van der Waals surface area (Å²) >= 11 is 0. The van der Waals surface area contributed by atoms with Gasteiger partial charge in [0.15, 0.2) is 0 Å². The molecule has 1 unspecified atom stereocenters.